The number of hydrogen-bond donors (Lipinski definition) is 1. The van der Waals surface area contributed by atoms with E-state index in [1.165, 1.54) is 0 Å². The van der Waals surface area contributed by atoms with E-state index in [2.05, 4.69) is 9.88 Å². The van der Waals surface area contributed by atoms with Crippen molar-refractivity contribution >= 4 is 11.7 Å². The van der Waals surface area contributed by atoms with Crippen molar-refractivity contribution in [2.75, 3.05) is 39.4 Å². The Balaban J connectivity index is 1.34. The number of hydrogen-bond acceptors (Lipinski definition) is 7. The second kappa shape index (κ2) is 12.5. The number of carbonyl (C=O) groups is 2. The number of rotatable bonds is 10. The number of aliphatic hydroxyl groups excluding tert-OH is 1. The second-order valence-electron chi connectivity index (χ2n) is 10.2. The summed E-state index contributed by atoms with van der Waals surface area (Å²) in [6, 6.07) is 18.2. The Kier molecular flexibility index (Phi) is 8.66. The first-order chi connectivity index (χ1) is 19.0. The fourth-order valence-corrected chi connectivity index (χ4v) is 5.49. The minimum Gasteiger partial charge on any atom is -0.489 e. The van der Waals surface area contributed by atoms with Gasteiger partial charge in [0.15, 0.2) is 5.78 Å². The van der Waals surface area contributed by atoms with Crippen LogP contribution in [-0.2, 0) is 16.1 Å². The highest BCUT2D eigenvalue weighted by Crippen LogP contribution is 2.40. The average molecular weight is 530 g/mol. The smallest absolute Gasteiger partial charge is 0.252 e. The third-order valence-corrected chi connectivity index (χ3v) is 7.58. The molecule has 204 valence electrons. The number of ketones is 1. The summed E-state index contributed by atoms with van der Waals surface area (Å²) in [5.74, 6) is -0.893. The van der Waals surface area contributed by atoms with Crippen molar-refractivity contribution in [1.29, 1.82) is 0 Å². The summed E-state index contributed by atoms with van der Waals surface area (Å²) in [5.41, 5.74) is 3.11. The molecular weight excluding hydrogens is 494 g/mol. The molecule has 2 saturated heterocycles. The van der Waals surface area contributed by atoms with Crippen LogP contribution < -0.4 is 4.74 Å². The Hall–Kier alpha value is -3.59. The van der Waals surface area contributed by atoms with Gasteiger partial charge >= 0.3 is 0 Å². The Bertz CT molecular complexity index is 1260. The number of morpholine rings is 1. The molecule has 3 aromatic rings. The summed E-state index contributed by atoms with van der Waals surface area (Å²) in [4.78, 5) is 35.3. The number of amides is 1. The summed E-state index contributed by atoms with van der Waals surface area (Å²) in [5, 5.41) is 11.1. The van der Waals surface area contributed by atoms with E-state index in [0.717, 1.165) is 42.7 Å². The Morgan fingerprint density at radius 2 is 1.79 bits per heavy atom. The first-order valence-corrected chi connectivity index (χ1v) is 13.5. The van der Waals surface area contributed by atoms with Gasteiger partial charge in [0.25, 0.3) is 5.91 Å². The van der Waals surface area contributed by atoms with Crippen molar-refractivity contribution in [3.05, 3.63) is 95.3 Å². The summed E-state index contributed by atoms with van der Waals surface area (Å²) in [6.07, 6.45) is 2.64. The lowest BCUT2D eigenvalue weighted by molar-refractivity contribution is -0.135. The van der Waals surface area contributed by atoms with Gasteiger partial charge in [0.2, 0.25) is 0 Å². The quantitative estimate of drug-likeness (QED) is 0.402. The van der Waals surface area contributed by atoms with E-state index in [0.29, 0.717) is 37.7 Å². The predicted octanol–water partition coefficient (Wildman–Crippen LogP) is 3.43. The highest BCUT2D eigenvalue weighted by atomic mass is 16.5. The van der Waals surface area contributed by atoms with Crippen molar-refractivity contribution in [2.45, 2.75) is 32.1 Å². The fourth-order valence-electron chi connectivity index (χ4n) is 5.49. The zero-order valence-electron chi connectivity index (χ0n) is 22.2. The molecule has 1 aromatic heterocycles. The number of carbonyl (C=O) groups excluding carboxylic acids is 2. The van der Waals surface area contributed by atoms with Gasteiger partial charge in [-0.2, -0.15) is 0 Å². The maximum absolute atomic E-state index is 13.9. The molecule has 3 unspecified atom stereocenters. The van der Waals surface area contributed by atoms with Gasteiger partial charge in [-0.05, 0) is 60.4 Å². The molecule has 2 aliphatic heterocycles. The van der Waals surface area contributed by atoms with Crippen LogP contribution in [-0.4, -0.2) is 77.1 Å². The van der Waals surface area contributed by atoms with Crippen LogP contribution in [0.5, 0.6) is 5.75 Å². The van der Waals surface area contributed by atoms with E-state index >= 15 is 0 Å². The number of aromatic nitrogens is 1. The highest BCUT2D eigenvalue weighted by Gasteiger charge is 2.51. The third kappa shape index (κ3) is 6.19. The maximum Gasteiger partial charge on any atom is 0.252 e. The van der Waals surface area contributed by atoms with Crippen LogP contribution in [0.25, 0.3) is 0 Å². The van der Waals surface area contributed by atoms with E-state index in [4.69, 9.17) is 9.47 Å². The van der Waals surface area contributed by atoms with Crippen LogP contribution in [0.2, 0.25) is 0 Å². The summed E-state index contributed by atoms with van der Waals surface area (Å²) in [6.45, 7) is 6.77. The number of ether oxygens (including phenoxy) is 2. The molecule has 2 fully saturated rings. The second-order valence-corrected chi connectivity index (χ2v) is 10.2. The summed E-state index contributed by atoms with van der Waals surface area (Å²) in [7, 11) is 0. The number of aryl methyl sites for hydroxylation is 1. The van der Waals surface area contributed by atoms with Crippen LogP contribution in [0, 0.1) is 12.8 Å². The molecule has 3 atom stereocenters. The molecule has 39 heavy (non-hydrogen) atoms. The molecule has 1 amide bonds. The lowest BCUT2D eigenvalue weighted by Gasteiger charge is -2.30. The van der Waals surface area contributed by atoms with Crippen LogP contribution >= 0.6 is 0 Å². The van der Waals surface area contributed by atoms with Gasteiger partial charge in [-0.1, -0.05) is 30.3 Å². The zero-order chi connectivity index (χ0) is 27.2. The van der Waals surface area contributed by atoms with Gasteiger partial charge in [-0.25, -0.2) is 0 Å². The van der Waals surface area contributed by atoms with E-state index < -0.39 is 24.0 Å². The monoisotopic (exact) mass is 529 g/mol. The van der Waals surface area contributed by atoms with E-state index in [9.17, 15) is 14.7 Å². The average Bonchev–Trinajstić information content (AvgIpc) is 3.23. The van der Waals surface area contributed by atoms with E-state index in [1.807, 2.05) is 49.4 Å². The van der Waals surface area contributed by atoms with Crippen molar-refractivity contribution in [3.8, 4) is 5.75 Å². The maximum atomic E-state index is 13.9. The lowest BCUT2D eigenvalue weighted by atomic mass is 9.85. The topological polar surface area (TPSA) is 92.2 Å². The summed E-state index contributed by atoms with van der Waals surface area (Å²) >= 11 is 0. The van der Waals surface area contributed by atoms with Crippen LogP contribution in [0.4, 0.5) is 0 Å². The normalized spacial score (nSPS) is 21.7. The van der Waals surface area contributed by atoms with Crippen LogP contribution in [0.15, 0.2) is 73.1 Å². The van der Waals surface area contributed by atoms with Gasteiger partial charge in [-0.3, -0.25) is 19.5 Å². The molecule has 5 rings (SSSR count). The molecule has 2 aliphatic rings. The molecule has 0 bridgehead atoms. The standard InChI is InChI=1S/C31H35N3O5/c1-22-20-25(8-9-26(22)39-21-23-6-3-2-4-7-23)29(35)27-28(24-10-12-32-13-11-24)34(31(37)30(27)36)15-5-14-33-16-18-38-19-17-33/h2-4,6-13,20,27-28,30,36H,5,14-19,21H2,1H3. The van der Waals surface area contributed by atoms with Crippen molar-refractivity contribution in [3.63, 3.8) is 0 Å². The van der Waals surface area contributed by atoms with Gasteiger partial charge in [-0.15, -0.1) is 0 Å². The number of pyridine rings is 1. The number of nitrogens with zero attached hydrogens (tertiary/aromatic N) is 3. The Labute approximate surface area is 229 Å². The number of likely N-dealkylation sites (tertiary alicyclic amines) is 1. The number of benzene rings is 2. The fraction of sp³-hybridized carbons (Fsp3) is 0.387. The van der Waals surface area contributed by atoms with E-state index in [-0.39, 0.29) is 5.78 Å². The molecule has 8 nitrogen and oxygen atoms in total. The molecule has 1 N–H and O–H groups in total. The lowest BCUT2D eigenvalue weighted by Crippen LogP contribution is -2.39. The molecule has 0 aliphatic carbocycles. The number of Topliss-reactive ketones (excluding diaryl/α,β-unsaturated/α-hetero) is 1. The molecule has 2 aromatic carbocycles. The van der Waals surface area contributed by atoms with Crippen molar-refractivity contribution < 1.29 is 24.2 Å². The molecule has 3 heterocycles. The zero-order valence-corrected chi connectivity index (χ0v) is 22.2. The minimum atomic E-state index is -1.41. The summed E-state index contributed by atoms with van der Waals surface area (Å²) < 4.78 is 11.4. The van der Waals surface area contributed by atoms with Crippen LogP contribution in [0.1, 0.15) is 39.5 Å². The Morgan fingerprint density at radius 1 is 1.05 bits per heavy atom. The first-order valence-electron chi connectivity index (χ1n) is 13.5. The van der Waals surface area contributed by atoms with Gasteiger partial charge < -0.3 is 19.5 Å². The van der Waals surface area contributed by atoms with E-state index in [1.54, 1.807) is 35.5 Å². The van der Waals surface area contributed by atoms with Crippen molar-refractivity contribution in [1.82, 2.24) is 14.8 Å². The molecule has 0 saturated carbocycles. The molecule has 8 heteroatoms. The molecular formula is C31H35N3O5. The van der Waals surface area contributed by atoms with Gasteiger partial charge in [0.1, 0.15) is 18.5 Å². The SMILES string of the molecule is Cc1cc(C(=O)C2C(O)C(=O)N(CCCN3CCOCC3)C2c2ccncc2)ccc1OCc1ccccc1. The van der Waals surface area contributed by atoms with Crippen molar-refractivity contribution in [2.24, 2.45) is 5.92 Å². The third-order valence-electron chi connectivity index (χ3n) is 7.58. The molecule has 0 radical (unpaired) electrons. The predicted molar refractivity (Wildman–Crippen MR) is 146 cm³/mol. The van der Waals surface area contributed by atoms with Gasteiger partial charge in [0, 0.05) is 44.1 Å². The Morgan fingerprint density at radius 3 is 2.51 bits per heavy atom. The van der Waals surface area contributed by atoms with Gasteiger partial charge in [0.05, 0.1) is 25.2 Å². The largest absolute Gasteiger partial charge is 0.489 e. The number of aliphatic hydroxyl groups is 1. The first kappa shape index (κ1) is 27.0. The van der Waals surface area contributed by atoms with Crippen LogP contribution in [0.3, 0.4) is 0 Å². The minimum absolute atomic E-state index is 0.258. The highest BCUT2D eigenvalue weighted by molar-refractivity contribution is 6.04. The molecule has 0 spiro atoms.